The Kier molecular flexibility index (Phi) is 3.39. The minimum absolute atomic E-state index is 0.00790. The van der Waals surface area contributed by atoms with Crippen molar-refractivity contribution in [3.8, 4) is 0 Å². The van der Waals surface area contributed by atoms with Gasteiger partial charge in [0.1, 0.15) is 0 Å². The van der Waals surface area contributed by atoms with E-state index in [2.05, 4.69) is 14.7 Å². The SMILES string of the molecule is O=S(=O)(Nc1cccc2cccnc12)c1nccc2ccccc12. The summed E-state index contributed by atoms with van der Waals surface area (Å²) in [7, 11) is -3.83. The third-order valence-corrected chi connectivity index (χ3v) is 5.09. The van der Waals surface area contributed by atoms with E-state index in [9.17, 15) is 8.42 Å². The zero-order valence-electron chi connectivity index (χ0n) is 12.5. The molecule has 0 amide bonds. The van der Waals surface area contributed by atoms with E-state index in [1.165, 1.54) is 6.20 Å². The van der Waals surface area contributed by atoms with Gasteiger partial charge in [0.05, 0.1) is 11.2 Å². The van der Waals surface area contributed by atoms with E-state index >= 15 is 0 Å². The highest BCUT2D eigenvalue weighted by Gasteiger charge is 2.20. The van der Waals surface area contributed by atoms with E-state index in [1.807, 2.05) is 30.3 Å². The first kappa shape index (κ1) is 14.6. The lowest BCUT2D eigenvalue weighted by atomic mass is 10.2. The molecule has 0 aliphatic carbocycles. The van der Waals surface area contributed by atoms with Crippen molar-refractivity contribution < 1.29 is 8.42 Å². The van der Waals surface area contributed by atoms with Crippen LogP contribution in [-0.2, 0) is 10.0 Å². The molecule has 6 heteroatoms. The van der Waals surface area contributed by atoms with Gasteiger partial charge in [-0.25, -0.2) is 4.98 Å². The summed E-state index contributed by atoms with van der Waals surface area (Å²) in [5.74, 6) is 0. The number of aromatic nitrogens is 2. The van der Waals surface area contributed by atoms with Crippen LogP contribution in [0.15, 0.2) is 78.1 Å². The van der Waals surface area contributed by atoms with Crippen molar-refractivity contribution >= 4 is 37.4 Å². The molecular formula is C18H13N3O2S. The molecule has 0 aliphatic rings. The molecule has 0 aliphatic heterocycles. The van der Waals surface area contributed by atoms with Crippen LogP contribution in [0, 0.1) is 0 Å². The van der Waals surface area contributed by atoms with E-state index in [0.717, 1.165) is 10.8 Å². The quantitative estimate of drug-likeness (QED) is 0.621. The molecule has 1 N–H and O–H groups in total. The molecule has 24 heavy (non-hydrogen) atoms. The molecule has 0 bridgehead atoms. The molecule has 118 valence electrons. The fraction of sp³-hybridized carbons (Fsp3) is 0. The second kappa shape index (κ2) is 5.58. The van der Waals surface area contributed by atoms with Crippen LogP contribution < -0.4 is 4.72 Å². The van der Waals surface area contributed by atoms with Gasteiger partial charge in [0, 0.05) is 23.2 Å². The van der Waals surface area contributed by atoms with E-state index in [0.29, 0.717) is 16.6 Å². The number of sulfonamides is 1. The molecule has 0 atom stereocenters. The third-order valence-electron chi connectivity index (χ3n) is 3.77. The third kappa shape index (κ3) is 2.47. The summed E-state index contributed by atoms with van der Waals surface area (Å²) >= 11 is 0. The number of benzene rings is 2. The Morgan fingerprint density at radius 1 is 0.750 bits per heavy atom. The largest absolute Gasteiger partial charge is 0.280 e. The average molecular weight is 335 g/mol. The van der Waals surface area contributed by atoms with Crippen LogP contribution in [0.1, 0.15) is 0 Å². The Morgan fingerprint density at radius 3 is 2.46 bits per heavy atom. The van der Waals surface area contributed by atoms with Crippen LogP contribution in [0.3, 0.4) is 0 Å². The highest BCUT2D eigenvalue weighted by molar-refractivity contribution is 7.92. The first-order valence-electron chi connectivity index (χ1n) is 7.35. The Hall–Kier alpha value is -2.99. The highest BCUT2D eigenvalue weighted by Crippen LogP contribution is 2.26. The number of hydrogen-bond donors (Lipinski definition) is 1. The fourth-order valence-corrected chi connectivity index (χ4v) is 3.91. The van der Waals surface area contributed by atoms with E-state index in [4.69, 9.17) is 0 Å². The maximum absolute atomic E-state index is 12.9. The predicted molar refractivity (Wildman–Crippen MR) is 94.3 cm³/mol. The lowest BCUT2D eigenvalue weighted by Crippen LogP contribution is -2.15. The summed E-state index contributed by atoms with van der Waals surface area (Å²) in [4.78, 5) is 8.36. The maximum Gasteiger partial charge on any atom is 0.280 e. The first-order valence-corrected chi connectivity index (χ1v) is 8.84. The van der Waals surface area contributed by atoms with Crippen LogP contribution in [0.2, 0.25) is 0 Å². The second-order valence-electron chi connectivity index (χ2n) is 5.32. The van der Waals surface area contributed by atoms with Crippen molar-refractivity contribution in [2.45, 2.75) is 5.03 Å². The smallest absolute Gasteiger partial charge is 0.276 e. The van der Waals surface area contributed by atoms with E-state index in [-0.39, 0.29) is 5.03 Å². The van der Waals surface area contributed by atoms with Gasteiger partial charge in [-0.05, 0) is 23.6 Å². The van der Waals surface area contributed by atoms with E-state index < -0.39 is 10.0 Å². The van der Waals surface area contributed by atoms with Gasteiger partial charge in [-0.15, -0.1) is 0 Å². The molecule has 0 radical (unpaired) electrons. The van der Waals surface area contributed by atoms with Crippen LogP contribution >= 0.6 is 0 Å². The van der Waals surface area contributed by atoms with Gasteiger partial charge in [0.25, 0.3) is 10.0 Å². The Morgan fingerprint density at radius 2 is 1.54 bits per heavy atom. The molecule has 4 aromatic rings. The zero-order valence-corrected chi connectivity index (χ0v) is 13.4. The molecule has 0 saturated heterocycles. The van der Waals surface area contributed by atoms with Gasteiger partial charge in [-0.1, -0.05) is 42.5 Å². The van der Waals surface area contributed by atoms with Gasteiger partial charge in [0.2, 0.25) is 0 Å². The van der Waals surface area contributed by atoms with Gasteiger partial charge in [-0.3, -0.25) is 9.71 Å². The first-order chi connectivity index (χ1) is 11.6. The normalized spacial score (nSPS) is 11.7. The molecule has 2 aromatic heterocycles. The standard InChI is InChI=1S/C18H13N3O2S/c22-24(23,18-15-8-2-1-5-13(15)10-12-20-18)21-16-9-3-6-14-7-4-11-19-17(14)16/h1-12,21H. The van der Waals surface area contributed by atoms with Crippen LogP contribution in [-0.4, -0.2) is 18.4 Å². The topological polar surface area (TPSA) is 72.0 Å². The molecule has 0 unspecified atom stereocenters. The van der Waals surface area contributed by atoms with Crippen LogP contribution in [0.25, 0.3) is 21.7 Å². The van der Waals surface area contributed by atoms with Gasteiger partial charge in [-0.2, -0.15) is 8.42 Å². The number of anilines is 1. The van der Waals surface area contributed by atoms with Crippen molar-refractivity contribution in [3.05, 3.63) is 73.1 Å². The number of hydrogen-bond acceptors (Lipinski definition) is 4. The molecule has 0 fully saturated rings. The lowest BCUT2D eigenvalue weighted by Gasteiger charge is -2.11. The van der Waals surface area contributed by atoms with Crippen molar-refractivity contribution in [1.82, 2.24) is 9.97 Å². The van der Waals surface area contributed by atoms with Gasteiger partial charge in [0.15, 0.2) is 5.03 Å². The molecule has 2 aromatic carbocycles. The number of para-hydroxylation sites is 1. The Bertz CT molecular complexity index is 1150. The number of fused-ring (bicyclic) bond motifs is 2. The van der Waals surface area contributed by atoms with Crippen LogP contribution in [0.4, 0.5) is 5.69 Å². The summed E-state index contributed by atoms with van der Waals surface area (Å²) in [5.41, 5.74) is 1.03. The minimum atomic E-state index is -3.83. The van der Waals surface area contributed by atoms with Crippen molar-refractivity contribution in [3.63, 3.8) is 0 Å². The van der Waals surface area contributed by atoms with E-state index in [1.54, 1.807) is 36.5 Å². The molecular weight excluding hydrogens is 322 g/mol. The van der Waals surface area contributed by atoms with Crippen LogP contribution in [0.5, 0.6) is 0 Å². The number of pyridine rings is 2. The average Bonchev–Trinajstić information content (AvgIpc) is 2.61. The Labute approximate surface area is 139 Å². The molecule has 4 rings (SSSR count). The summed E-state index contributed by atoms with van der Waals surface area (Å²) in [6.07, 6.45) is 3.13. The number of rotatable bonds is 3. The molecule has 0 saturated carbocycles. The maximum atomic E-state index is 12.9. The van der Waals surface area contributed by atoms with Gasteiger partial charge < -0.3 is 0 Å². The fourth-order valence-electron chi connectivity index (χ4n) is 2.69. The lowest BCUT2D eigenvalue weighted by molar-refractivity contribution is 0.599. The summed E-state index contributed by atoms with van der Waals surface area (Å²) in [6, 6.07) is 18.1. The zero-order chi connectivity index (χ0) is 16.6. The van der Waals surface area contributed by atoms with Crippen molar-refractivity contribution in [2.24, 2.45) is 0 Å². The summed E-state index contributed by atoms with van der Waals surface area (Å²) < 4.78 is 28.3. The Balaban J connectivity index is 1.86. The monoisotopic (exact) mass is 335 g/mol. The minimum Gasteiger partial charge on any atom is -0.276 e. The highest BCUT2D eigenvalue weighted by atomic mass is 32.2. The van der Waals surface area contributed by atoms with Gasteiger partial charge >= 0.3 is 0 Å². The summed E-state index contributed by atoms with van der Waals surface area (Å²) in [6.45, 7) is 0. The molecule has 5 nitrogen and oxygen atoms in total. The number of nitrogens with one attached hydrogen (secondary N) is 1. The van der Waals surface area contributed by atoms with Crippen molar-refractivity contribution in [1.29, 1.82) is 0 Å². The number of nitrogens with zero attached hydrogens (tertiary/aromatic N) is 2. The molecule has 2 heterocycles. The molecule has 0 spiro atoms. The van der Waals surface area contributed by atoms with Crippen molar-refractivity contribution in [2.75, 3.05) is 4.72 Å². The predicted octanol–water partition coefficient (Wildman–Crippen LogP) is 3.58. The summed E-state index contributed by atoms with van der Waals surface area (Å²) in [5, 5.41) is 2.28. The second-order valence-corrected chi connectivity index (χ2v) is 6.92.